The van der Waals surface area contributed by atoms with Crippen molar-refractivity contribution in [2.75, 3.05) is 5.43 Å². The topological polar surface area (TPSA) is 24.4 Å². The molecule has 1 rings (SSSR count). The molecule has 1 aromatic rings. The van der Waals surface area contributed by atoms with Gasteiger partial charge in [0.1, 0.15) is 0 Å². The summed E-state index contributed by atoms with van der Waals surface area (Å²) in [5, 5.41) is 4.45. The maximum Gasteiger partial charge on any atom is 0.0561 e. The molecule has 0 saturated carbocycles. The lowest BCUT2D eigenvalue weighted by atomic mass is 10.0. The van der Waals surface area contributed by atoms with Crippen LogP contribution in [0.15, 0.2) is 35.4 Å². The summed E-state index contributed by atoms with van der Waals surface area (Å²) in [6.45, 7) is 4.40. The Morgan fingerprint density at radius 2 is 1.25 bits per heavy atom. The van der Waals surface area contributed by atoms with E-state index in [1.165, 1.54) is 82.8 Å². The molecular formula is C22H38N2. The molecule has 0 aliphatic heterocycles. The van der Waals surface area contributed by atoms with Crippen LogP contribution in [0.1, 0.15) is 97.3 Å². The van der Waals surface area contributed by atoms with E-state index in [-0.39, 0.29) is 0 Å². The summed E-state index contributed by atoms with van der Waals surface area (Å²) in [6, 6.07) is 10.2. The third kappa shape index (κ3) is 12.2. The predicted octanol–water partition coefficient (Wildman–Crippen LogP) is 7.57. The Balaban J connectivity index is 1.87. The van der Waals surface area contributed by atoms with Gasteiger partial charge in [0, 0.05) is 5.71 Å². The van der Waals surface area contributed by atoms with E-state index in [0.29, 0.717) is 0 Å². The monoisotopic (exact) mass is 330 g/mol. The number of hydrogen-bond acceptors (Lipinski definition) is 2. The quantitative estimate of drug-likeness (QED) is 0.200. The molecular weight excluding hydrogens is 292 g/mol. The minimum Gasteiger partial charge on any atom is -0.279 e. The first-order valence-electron chi connectivity index (χ1n) is 10.2. The standard InChI is InChI=1S/C22H38N2/c1-3-4-5-6-7-8-9-10-11-12-13-15-18-21(2)23-24-22-19-16-14-17-20-22/h14,16-17,19-20,24H,3-13,15,18H2,1-2H3/b23-21+. The molecule has 1 aromatic carbocycles. The second kappa shape index (κ2) is 15.2. The molecule has 136 valence electrons. The zero-order valence-corrected chi connectivity index (χ0v) is 16.0. The summed E-state index contributed by atoms with van der Waals surface area (Å²) in [4.78, 5) is 0. The molecule has 2 nitrogen and oxygen atoms in total. The summed E-state index contributed by atoms with van der Waals surface area (Å²) in [5.74, 6) is 0. The van der Waals surface area contributed by atoms with Crippen LogP contribution in [-0.4, -0.2) is 5.71 Å². The van der Waals surface area contributed by atoms with Crippen LogP contribution in [0, 0.1) is 0 Å². The van der Waals surface area contributed by atoms with Crippen LogP contribution in [-0.2, 0) is 0 Å². The summed E-state index contributed by atoms with van der Waals surface area (Å²) < 4.78 is 0. The molecule has 0 bridgehead atoms. The largest absolute Gasteiger partial charge is 0.279 e. The van der Waals surface area contributed by atoms with Gasteiger partial charge < -0.3 is 0 Å². The molecule has 0 aliphatic rings. The van der Waals surface area contributed by atoms with Crippen molar-refractivity contribution in [1.82, 2.24) is 0 Å². The van der Waals surface area contributed by atoms with Crippen molar-refractivity contribution in [2.24, 2.45) is 5.10 Å². The van der Waals surface area contributed by atoms with Crippen LogP contribution in [0.5, 0.6) is 0 Å². The summed E-state index contributed by atoms with van der Waals surface area (Å²) in [5.41, 5.74) is 5.39. The Bertz CT molecular complexity index is 411. The minimum absolute atomic E-state index is 1.06. The van der Waals surface area contributed by atoms with Crippen molar-refractivity contribution in [3.05, 3.63) is 30.3 Å². The molecule has 0 amide bonds. The number of rotatable bonds is 15. The molecule has 0 radical (unpaired) electrons. The van der Waals surface area contributed by atoms with Gasteiger partial charge in [-0.2, -0.15) is 5.10 Å². The fourth-order valence-electron chi connectivity index (χ4n) is 2.95. The summed E-state index contributed by atoms with van der Waals surface area (Å²) >= 11 is 0. The first kappa shape index (κ1) is 20.7. The highest BCUT2D eigenvalue weighted by molar-refractivity contribution is 5.82. The van der Waals surface area contributed by atoms with Gasteiger partial charge in [-0.05, 0) is 31.9 Å². The third-order valence-electron chi connectivity index (χ3n) is 4.54. The van der Waals surface area contributed by atoms with Crippen molar-refractivity contribution in [3.8, 4) is 0 Å². The molecule has 0 heterocycles. The van der Waals surface area contributed by atoms with Crippen LogP contribution in [0.3, 0.4) is 0 Å². The number of benzene rings is 1. The summed E-state index contributed by atoms with van der Waals surface area (Å²) in [7, 11) is 0. The van der Waals surface area contributed by atoms with Crippen molar-refractivity contribution < 1.29 is 0 Å². The number of nitrogens with one attached hydrogen (secondary N) is 1. The predicted molar refractivity (Wildman–Crippen MR) is 109 cm³/mol. The average molecular weight is 331 g/mol. The Kier molecular flexibility index (Phi) is 13.2. The van der Waals surface area contributed by atoms with Crippen molar-refractivity contribution in [2.45, 2.75) is 97.3 Å². The summed E-state index contributed by atoms with van der Waals surface area (Å²) in [6.07, 6.45) is 17.9. The Morgan fingerprint density at radius 1 is 0.750 bits per heavy atom. The molecule has 2 heteroatoms. The number of anilines is 1. The van der Waals surface area contributed by atoms with Gasteiger partial charge in [0.15, 0.2) is 0 Å². The molecule has 24 heavy (non-hydrogen) atoms. The van der Waals surface area contributed by atoms with Crippen LogP contribution in [0.4, 0.5) is 5.69 Å². The maximum atomic E-state index is 4.45. The van der Waals surface area contributed by atoms with Gasteiger partial charge in [0.2, 0.25) is 0 Å². The van der Waals surface area contributed by atoms with Crippen LogP contribution in [0.2, 0.25) is 0 Å². The number of nitrogens with zero attached hydrogens (tertiary/aromatic N) is 1. The van der Waals surface area contributed by atoms with E-state index >= 15 is 0 Å². The van der Waals surface area contributed by atoms with E-state index in [4.69, 9.17) is 0 Å². The number of hydrazone groups is 1. The molecule has 0 aliphatic carbocycles. The lowest BCUT2D eigenvalue weighted by Crippen LogP contribution is -1.97. The normalized spacial score (nSPS) is 11.7. The van der Waals surface area contributed by atoms with Crippen molar-refractivity contribution >= 4 is 11.4 Å². The van der Waals surface area contributed by atoms with Crippen LogP contribution < -0.4 is 5.43 Å². The van der Waals surface area contributed by atoms with Crippen molar-refractivity contribution in [3.63, 3.8) is 0 Å². The smallest absolute Gasteiger partial charge is 0.0561 e. The second-order valence-corrected chi connectivity index (χ2v) is 6.96. The fourth-order valence-corrected chi connectivity index (χ4v) is 2.95. The molecule has 0 saturated heterocycles. The van der Waals surface area contributed by atoms with Gasteiger partial charge in [0.05, 0.1) is 5.69 Å². The van der Waals surface area contributed by atoms with Gasteiger partial charge in [0.25, 0.3) is 0 Å². The van der Waals surface area contributed by atoms with E-state index in [0.717, 1.165) is 12.1 Å². The van der Waals surface area contributed by atoms with Gasteiger partial charge in [-0.1, -0.05) is 95.8 Å². The van der Waals surface area contributed by atoms with E-state index < -0.39 is 0 Å². The number of hydrogen-bond donors (Lipinski definition) is 1. The maximum absolute atomic E-state index is 4.45. The lowest BCUT2D eigenvalue weighted by Gasteiger charge is -2.04. The fraction of sp³-hybridized carbons (Fsp3) is 0.682. The molecule has 0 fully saturated rings. The lowest BCUT2D eigenvalue weighted by molar-refractivity contribution is 0.546. The first-order chi connectivity index (χ1) is 11.8. The van der Waals surface area contributed by atoms with Gasteiger partial charge in [-0.25, -0.2) is 0 Å². The highest BCUT2D eigenvalue weighted by Gasteiger charge is 1.96. The highest BCUT2D eigenvalue weighted by Crippen LogP contribution is 2.13. The molecule has 0 unspecified atom stereocenters. The third-order valence-corrected chi connectivity index (χ3v) is 4.54. The zero-order chi connectivity index (χ0) is 17.3. The van der Waals surface area contributed by atoms with E-state index in [1.54, 1.807) is 0 Å². The zero-order valence-electron chi connectivity index (χ0n) is 16.0. The Labute approximate surface area is 150 Å². The number of unbranched alkanes of at least 4 members (excludes halogenated alkanes) is 11. The van der Waals surface area contributed by atoms with Gasteiger partial charge in [-0.15, -0.1) is 0 Å². The van der Waals surface area contributed by atoms with Crippen LogP contribution in [0.25, 0.3) is 0 Å². The number of para-hydroxylation sites is 1. The van der Waals surface area contributed by atoms with E-state index in [2.05, 4.69) is 24.4 Å². The van der Waals surface area contributed by atoms with Gasteiger partial charge in [-0.3, -0.25) is 5.43 Å². The van der Waals surface area contributed by atoms with Crippen LogP contribution >= 0.6 is 0 Å². The SMILES string of the molecule is CCCCCCCCCCCCCC/C(C)=N/Nc1ccccc1. The highest BCUT2D eigenvalue weighted by atomic mass is 15.3. The Hall–Kier alpha value is -1.31. The van der Waals surface area contributed by atoms with E-state index in [1.807, 2.05) is 30.3 Å². The van der Waals surface area contributed by atoms with Gasteiger partial charge >= 0.3 is 0 Å². The Morgan fingerprint density at radius 3 is 1.79 bits per heavy atom. The molecule has 0 spiro atoms. The molecule has 0 aromatic heterocycles. The average Bonchev–Trinajstić information content (AvgIpc) is 2.62. The van der Waals surface area contributed by atoms with Crippen molar-refractivity contribution in [1.29, 1.82) is 0 Å². The second-order valence-electron chi connectivity index (χ2n) is 6.96. The minimum atomic E-state index is 1.06. The molecule has 0 atom stereocenters. The first-order valence-corrected chi connectivity index (χ1v) is 10.2. The van der Waals surface area contributed by atoms with E-state index in [9.17, 15) is 0 Å². The molecule has 1 N–H and O–H groups in total.